The molecule has 22 heavy (non-hydrogen) atoms. The molecule has 0 amide bonds. The molecule has 0 radical (unpaired) electrons. The number of hydrogen-bond donors (Lipinski definition) is 1. The van der Waals surface area contributed by atoms with Crippen molar-refractivity contribution < 1.29 is 1.43 Å². The van der Waals surface area contributed by atoms with Gasteiger partial charge in [0.15, 0.2) is 0 Å². The van der Waals surface area contributed by atoms with Gasteiger partial charge in [-0.25, -0.2) is 0 Å². The maximum absolute atomic E-state index is 3.91. The van der Waals surface area contributed by atoms with Gasteiger partial charge in [-0.05, 0) is 43.6 Å². The second-order valence-corrected chi connectivity index (χ2v) is 6.13. The van der Waals surface area contributed by atoms with Crippen LogP contribution in [0.2, 0.25) is 0 Å². The fourth-order valence-electron chi connectivity index (χ4n) is 3.33. The highest BCUT2D eigenvalue weighted by molar-refractivity contribution is 5.31. The Morgan fingerprint density at radius 3 is 1.91 bits per heavy atom. The average molecular weight is 296 g/mol. The lowest BCUT2D eigenvalue weighted by molar-refractivity contribution is 0.202. The first-order valence-corrected chi connectivity index (χ1v) is 8.45. The Balaban J connectivity index is 0.00000192. The van der Waals surface area contributed by atoms with E-state index in [0.29, 0.717) is 12.1 Å². The normalized spacial score (nSPS) is 17.0. The van der Waals surface area contributed by atoms with Crippen LogP contribution in [-0.2, 0) is 0 Å². The zero-order chi connectivity index (χ0) is 15.2. The fourth-order valence-corrected chi connectivity index (χ4v) is 3.33. The molecule has 1 saturated heterocycles. The van der Waals surface area contributed by atoms with Crippen molar-refractivity contribution in [3.63, 3.8) is 0 Å². The van der Waals surface area contributed by atoms with Gasteiger partial charge in [-0.15, -0.1) is 0 Å². The van der Waals surface area contributed by atoms with Crippen LogP contribution >= 0.6 is 0 Å². The third kappa shape index (κ3) is 3.76. The van der Waals surface area contributed by atoms with Gasteiger partial charge in [-0.2, -0.15) is 0 Å². The van der Waals surface area contributed by atoms with Crippen molar-refractivity contribution in [2.45, 2.75) is 31.8 Å². The topological polar surface area (TPSA) is 15.3 Å². The molecule has 1 heterocycles. The minimum absolute atomic E-state index is 0. The van der Waals surface area contributed by atoms with Gasteiger partial charge in [0.05, 0.1) is 6.04 Å². The van der Waals surface area contributed by atoms with E-state index in [9.17, 15) is 0 Å². The molecule has 0 spiro atoms. The number of benzene rings is 2. The van der Waals surface area contributed by atoms with Crippen molar-refractivity contribution in [1.82, 2.24) is 10.2 Å². The van der Waals surface area contributed by atoms with Gasteiger partial charge in [0.2, 0.25) is 0 Å². The maximum Gasteiger partial charge on any atom is 0.0578 e. The highest BCUT2D eigenvalue weighted by Crippen LogP contribution is 2.24. The molecule has 0 saturated carbocycles. The van der Waals surface area contributed by atoms with Gasteiger partial charge in [0.1, 0.15) is 0 Å². The summed E-state index contributed by atoms with van der Waals surface area (Å²) in [5.41, 5.74) is 2.71. The van der Waals surface area contributed by atoms with Gasteiger partial charge in [-0.1, -0.05) is 67.6 Å². The summed E-state index contributed by atoms with van der Waals surface area (Å²) in [4.78, 5) is 2.54. The molecule has 0 aromatic heterocycles. The van der Waals surface area contributed by atoms with Crippen LogP contribution in [-0.4, -0.2) is 30.6 Å². The summed E-state index contributed by atoms with van der Waals surface area (Å²) in [5.74, 6) is 0. The van der Waals surface area contributed by atoms with Crippen molar-refractivity contribution in [2.75, 3.05) is 19.6 Å². The second-order valence-electron chi connectivity index (χ2n) is 6.13. The van der Waals surface area contributed by atoms with E-state index in [1.54, 1.807) is 0 Å². The van der Waals surface area contributed by atoms with E-state index in [1.165, 1.54) is 43.6 Å². The van der Waals surface area contributed by atoms with Crippen LogP contribution < -0.4 is 5.32 Å². The van der Waals surface area contributed by atoms with Crippen LogP contribution in [0.15, 0.2) is 60.7 Å². The third-order valence-corrected chi connectivity index (χ3v) is 4.70. The molecule has 0 aliphatic carbocycles. The molecule has 2 aromatic rings. The van der Waals surface area contributed by atoms with Crippen LogP contribution in [0.3, 0.4) is 0 Å². The van der Waals surface area contributed by atoms with E-state index in [1.807, 2.05) is 0 Å². The Labute approximate surface area is 135 Å². The molecular formula is C20H28N2. The Morgan fingerprint density at radius 1 is 0.955 bits per heavy atom. The Hall–Kier alpha value is -1.64. The summed E-state index contributed by atoms with van der Waals surface area (Å²) in [5, 5.41) is 3.91. The highest BCUT2D eigenvalue weighted by Gasteiger charge is 2.22. The van der Waals surface area contributed by atoms with Crippen LogP contribution in [0.4, 0.5) is 0 Å². The standard InChI is InChI=1S/C20H26N2.H2/c1-2-22-15-13-19(14-16-22)21-20(17-9-5-3-6-10-17)18-11-7-4-8-12-18;/h3-12,19-21H,2,13-16H2,1H3;1H. The molecule has 2 aromatic carbocycles. The molecule has 1 aliphatic rings. The lowest BCUT2D eigenvalue weighted by Gasteiger charge is -2.34. The van der Waals surface area contributed by atoms with Gasteiger partial charge in [0, 0.05) is 7.47 Å². The van der Waals surface area contributed by atoms with Crippen LogP contribution in [0.1, 0.15) is 38.4 Å². The predicted octanol–water partition coefficient (Wildman–Crippen LogP) is 4.10. The molecule has 1 fully saturated rings. The lowest BCUT2D eigenvalue weighted by Crippen LogP contribution is -2.43. The maximum atomic E-state index is 3.91. The molecular weight excluding hydrogens is 268 g/mol. The predicted molar refractivity (Wildman–Crippen MR) is 95.1 cm³/mol. The van der Waals surface area contributed by atoms with E-state index < -0.39 is 0 Å². The van der Waals surface area contributed by atoms with Crippen molar-refractivity contribution in [2.24, 2.45) is 0 Å². The molecule has 0 atom stereocenters. The minimum Gasteiger partial charge on any atom is -0.303 e. The van der Waals surface area contributed by atoms with Gasteiger partial charge in [0.25, 0.3) is 0 Å². The molecule has 2 nitrogen and oxygen atoms in total. The van der Waals surface area contributed by atoms with E-state index in [-0.39, 0.29) is 1.43 Å². The second kappa shape index (κ2) is 7.57. The first-order chi connectivity index (χ1) is 10.9. The summed E-state index contributed by atoms with van der Waals surface area (Å²) < 4.78 is 0. The SMILES string of the molecule is CCN1CCC(NC(c2ccccc2)c2ccccc2)CC1.[HH]. The van der Waals surface area contributed by atoms with Crippen molar-refractivity contribution in [3.05, 3.63) is 71.8 Å². The van der Waals surface area contributed by atoms with E-state index in [0.717, 1.165) is 0 Å². The van der Waals surface area contributed by atoms with E-state index in [2.05, 4.69) is 77.8 Å². The van der Waals surface area contributed by atoms with Gasteiger partial charge < -0.3 is 10.2 Å². The Bertz CT molecular complexity index is 511. The van der Waals surface area contributed by atoms with Crippen LogP contribution in [0.25, 0.3) is 0 Å². The number of likely N-dealkylation sites (tertiary alicyclic amines) is 1. The minimum atomic E-state index is 0. The van der Waals surface area contributed by atoms with Crippen molar-refractivity contribution in [3.8, 4) is 0 Å². The number of nitrogens with one attached hydrogen (secondary N) is 1. The lowest BCUT2D eigenvalue weighted by atomic mass is 9.95. The van der Waals surface area contributed by atoms with E-state index in [4.69, 9.17) is 0 Å². The zero-order valence-electron chi connectivity index (χ0n) is 13.4. The monoisotopic (exact) mass is 296 g/mol. The number of piperidine rings is 1. The summed E-state index contributed by atoms with van der Waals surface area (Å²) in [6, 6.07) is 22.5. The third-order valence-electron chi connectivity index (χ3n) is 4.70. The molecule has 2 heteroatoms. The molecule has 1 N–H and O–H groups in total. The quantitative estimate of drug-likeness (QED) is 0.894. The van der Waals surface area contributed by atoms with Gasteiger partial charge >= 0.3 is 0 Å². The summed E-state index contributed by atoms with van der Waals surface area (Å²) in [6.45, 7) is 5.85. The molecule has 0 bridgehead atoms. The largest absolute Gasteiger partial charge is 0.303 e. The summed E-state index contributed by atoms with van der Waals surface area (Å²) in [7, 11) is 0. The average Bonchev–Trinajstić information content (AvgIpc) is 2.62. The highest BCUT2D eigenvalue weighted by atomic mass is 15.1. The fraction of sp³-hybridized carbons (Fsp3) is 0.400. The molecule has 3 rings (SSSR count). The summed E-state index contributed by atoms with van der Waals surface area (Å²) >= 11 is 0. The molecule has 118 valence electrons. The Kier molecular flexibility index (Phi) is 5.25. The number of hydrogen-bond acceptors (Lipinski definition) is 2. The molecule has 1 aliphatic heterocycles. The van der Waals surface area contributed by atoms with Gasteiger partial charge in [-0.3, -0.25) is 0 Å². The van der Waals surface area contributed by atoms with Crippen molar-refractivity contribution in [1.29, 1.82) is 0 Å². The molecule has 0 unspecified atom stereocenters. The number of nitrogens with zero attached hydrogens (tertiary/aromatic N) is 1. The smallest absolute Gasteiger partial charge is 0.0578 e. The van der Waals surface area contributed by atoms with Crippen LogP contribution in [0, 0.1) is 0 Å². The van der Waals surface area contributed by atoms with Crippen molar-refractivity contribution >= 4 is 0 Å². The number of rotatable bonds is 5. The first-order valence-electron chi connectivity index (χ1n) is 8.45. The van der Waals surface area contributed by atoms with E-state index >= 15 is 0 Å². The zero-order valence-corrected chi connectivity index (χ0v) is 13.4. The Morgan fingerprint density at radius 2 is 1.45 bits per heavy atom. The first kappa shape index (κ1) is 15.3. The summed E-state index contributed by atoms with van der Waals surface area (Å²) in [6.07, 6.45) is 2.48. The van der Waals surface area contributed by atoms with Crippen LogP contribution in [0.5, 0.6) is 0 Å².